The zero-order valence-corrected chi connectivity index (χ0v) is 14.1. The van der Waals surface area contributed by atoms with E-state index in [-0.39, 0.29) is 11.8 Å². The molecule has 3 aromatic rings. The predicted octanol–water partition coefficient (Wildman–Crippen LogP) is 3.76. The van der Waals surface area contributed by atoms with E-state index in [0.29, 0.717) is 23.9 Å². The summed E-state index contributed by atoms with van der Waals surface area (Å²) in [6.07, 6.45) is 1.63. The highest BCUT2D eigenvalue weighted by molar-refractivity contribution is 5.89. The van der Waals surface area contributed by atoms with Gasteiger partial charge in [-0.2, -0.15) is 4.98 Å². The van der Waals surface area contributed by atoms with Crippen LogP contribution in [-0.4, -0.2) is 23.0 Å². The van der Waals surface area contributed by atoms with Crippen LogP contribution in [0, 0.1) is 5.82 Å². The molecule has 2 N–H and O–H groups in total. The number of anilines is 3. The Labute approximate surface area is 150 Å². The van der Waals surface area contributed by atoms with Crippen LogP contribution in [0.25, 0.3) is 0 Å². The largest absolute Gasteiger partial charge is 0.465 e. The molecule has 6 nitrogen and oxygen atoms in total. The Morgan fingerprint density at radius 2 is 1.81 bits per heavy atom. The van der Waals surface area contributed by atoms with Crippen LogP contribution in [0.1, 0.15) is 15.9 Å². The van der Waals surface area contributed by atoms with Crippen LogP contribution in [0.4, 0.5) is 21.8 Å². The number of halogens is 1. The van der Waals surface area contributed by atoms with Crippen molar-refractivity contribution < 1.29 is 13.9 Å². The first kappa shape index (κ1) is 17.3. The number of carbonyl (C=O) groups is 1. The second-order valence-corrected chi connectivity index (χ2v) is 5.44. The van der Waals surface area contributed by atoms with Crippen LogP contribution >= 0.6 is 0 Å². The number of nitrogens with one attached hydrogen (secondary N) is 2. The number of aromatic nitrogens is 2. The first-order valence-electron chi connectivity index (χ1n) is 7.91. The average Bonchev–Trinajstić information content (AvgIpc) is 2.68. The van der Waals surface area contributed by atoms with Crippen LogP contribution in [-0.2, 0) is 11.3 Å². The van der Waals surface area contributed by atoms with E-state index in [1.807, 2.05) is 0 Å². The van der Waals surface area contributed by atoms with Gasteiger partial charge in [-0.3, -0.25) is 0 Å². The van der Waals surface area contributed by atoms with Crippen LogP contribution in [0.15, 0.2) is 60.8 Å². The van der Waals surface area contributed by atoms with Crippen molar-refractivity contribution in [1.29, 1.82) is 0 Å². The van der Waals surface area contributed by atoms with Crippen LogP contribution in [0.3, 0.4) is 0 Å². The van der Waals surface area contributed by atoms with Crippen molar-refractivity contribution in [3.63, 3.8) is 0 Å². The van der Waals surface area contributed by atoms with Crippen molar-refractivity contribution in [1.82, 2.24) is 9.97 Å². The second kappa shape index (κ2) is 8.06. The van der Waals surface area contributed by atoms with E-state index in [0.717, 1.165) is 11.3 Å². The Kier molecular flexibility index (Phi) is 5.38. The summed E-state index contributed by atoms with van der Waals surface area (Å²) in [4.78, 5) is 20.0. The lowest BCUT2D eigenvalue weighted by Crippen LogP contribution is -2.05. The predicted molar refractivity (Wildman–Crippen MR) is 96.8 cm³/mol. The maximum atomic E-state index is 12.9. The Balaban J connectivity index is 1.63. The Hall–Kier alpha value is -3.48. The molecular weight excluding hydrogens is 335 g/mol. The lowest BCUT2D eigenvalue weighted by atomic mass is 10.2. The first-order chi connectivity index (χ1) is 12.6. The van der Waals surface area contributed by atoms with E-state index in [2.05, 4.69) is 25.3 Å². The minimum Gasteiger partial charge on any atom is -0.465 e. The molecule has 0 bridgehead atoms. The fourth-order valence-corrected chi connectivity index (χ4v) is 2.25. The molecule has 0 spiro atoms. The van der Waals surface area contributed by atoms with Crippen molar-refractivity contribution in [2.75, 3.05) is 17.7 Å². The zero-order valence-electron chi connectivity index (χ0n) is 14.1. The molecule has 3 rings (SSSR count). The van der Waals surface area contributed by atoms with Crippen molar-refractivity contribution in [2.45, 2.75) is 6.54 Å². The van der Waals surface area contributed by atoms with Crippen molar-refractivity contribution in [3.05, 3.63) is 77.7 Å². The number of hydrogen-bond acceptors (Lipinski definition) is 6. The van der Waals surface area contributed by atoms with E-state index < -0.39 is 0 Å². The smallest absolute Gasteiger partial charge is 0.337 e. The molecule has 0 fully saturated rings. The second-order valence-electron chi connectivity index (χ2n) is 5.44. The molecule has 0 radical (unpaired) electrons. The molecule has 2 aromatic carbocycles. The molecule has 0 saturated heterocycles. The minimum atomic E-state index is -0.383. The summed E-state index contributed by atoms with van der Waals surface area (Å²) in [7, 11) is 1.34. The number of rotatable bonds is 6. The number of carbonyl (C=O) groups excluding carboxylic acids is 1. The van der Waals surface area contributed by atoms with Gasteiger partial charge in [0.15, 0.2) is 0 Å². The number of methoxy groups -OCH3 is 1. The number of hydrogen-bond donors (Lipinski definition) is 2. The maximum Gasteiger partial charge on any atom is 0.337 e. The van der Waals surface area contributed by atoms with Crippen LogP contribution in [0.5, 0.6) is 0 Å². The van der Waals surface area contributed by atoms with Crippen molar-refractivity contribution >= 4 is 23.4 Å². The van der Waals surface area contributed by atoms with Gasteiger partial charge < -0.3 is 15.4 Å². The molecular formula is C19H17FN4O2. The number of nitrogens with zero attached hydrogens (tertiary/aromatic N) is 2. The normalized spacial score (nSPS) is 10.2. The van der Waals surface area contributed by atoms with Gasteiger partial charge >= 0.3 is 5.97 Å². The minimum absolute atomic E-state index is 0.269. The van der Waals surface area contributed by atoms with E-state index in [9.17, 15) is 9.18 Å². The quantitative estimate of drug-likeness (QED) is 0.658. The average molecular weight is 352 g/mol. The monoisotopic (exact) mass is 352 g/mol. The van der Waals surface area contributed by atoms with Gasteiger partial charge in [0.25, 0.3) is 0 Å². The van der Waals surface area contributed by atoms with Gasteiger partial charge in [0.05, 0.1) is 12.7 Å². The Bertz CT molecular complexity index is 883. The lowest BCUT2D eigenvalue weighted by Gasteiger charge is -2.09. The molecule has 0 unspecified atom stereocenters. The molecule has 7 heteroatoms. The summed E-state index contributed by atoms with van der Waals surface area (Å²) >= 11 is 0. The third-order valence-corrected chi connectivity index (χ3v) is 3.60. The summed E-state index contributed by atoms with van der Waals surface area (Å²) in [6, 6.07) is 14.8. The summed E-state index contributed by atoms with van der Waals surface area (Å²) in [5.41, 5.74) is 2.18. The topological polar surface area (TPSA) is 76.1 Å². The highest BCUT2D eigenvalue weighted by Crippen LogP contribution is 2.16. The van der Waals surface area contributed by atoms with Crippen LogP contribution < -0.4 is 10.6 Å². The first-order valence-corrected chi connectivity index (χ1v) is 7.91. The van der Waals surface area contributed by atoms with Gasteiger partial charge in [-0.25, -0.2) is 14.2 Å². The van der Waals surface area contributed by atoms with Crippen molar-refractivity contribution in [2.24, 2.45) is 0 Å². The molecule has 0 aliphatic carbocycles. The molecule has 26 heavy (non-hydrogen) atoms. The summed E-state index contributed by atoms with van der Waals surface area (Å²) in [5, 5.41) is 6.23. The SMILES string of the molecule is COC(=O)c1ccc(Nc2ccnc(NCc3ccc(F)cc3)n2)cc1. The number of esters is 1. The summed E-state index contributed by atoms with van der Waals surface area (Å²) < 4.78 is 17.6. The van der Waals surface area contributed by atoms with Gasteiger partial charge in [0.2, 0.25) is 5.95 Å². The van der Waals surface area contributed by atoms with Crippen LogP contribution in [0.2, 0.25) is 0 Å². The fourth-order valence-electron chi connectivity index (χ4n) is 2.25. The third kappa shape index (κ3) is 4.54. The van der Waals surface area contributed by atoms with Gasteiger partial charge in [-0.1, -0.05) is 12.1 Å². The maximum absolute atomic E-state index is 12.9. The highest BCUT2D eigenvalue weighted by atomic mass is 19.1. The van der Waals surface area contributed by atoms with E-state index in [1.54, 1.807) is 48.7 Å². The Morgan fingerprint density at radius 1 is 1.08 bits per heavy atom. The molecule has 0 atom stereocenters. The molecule has 1 aromatic heterocycles. The Morgan fingerprint density at radius 3 is 2.50 bits per heavy atom. The highest BCUT2D eigenvalue weighted by Gasteiger charge is 2.05. The van der Waals surface area contributed by atoms with Gasteiger partial charge in [-0.05, 0) is 48.0 Å². The van der Waals surface area contributed by atoms with Gasteiger partial charge in [0.1, 0.15) is 11.6 Å². The lowest BCUT2D eigenvalue weighted by molar-refractivity contribution is 0.0601. The molecule has 0 aliphatic rings. The van der Waals surface area contributed by atoms with E-state index >= 15 is 0 Å². The fraction of sp³-hybridized carbons (Fsp3) is 0.105. The summed E-state index contributed by atoms with van der Waals surface area (Å²) in [5.74, 6) is 0.401. The molecule has 0 aliphatic heterocycles. The molecule has 1 heterocycles. The van der Waals surface area contributed by atoms with E-state index in [1.165, 1.54) is 19.2 Å². The van der Waals surface area contributed by atoms with Gasteiger partial charge in [0, 0.05) is 18.4 Å². The standard InChI is InChI=1S/C19H17FN4O2/c1-26-18(25)14-4-8-16(9-5-14)23-17-10-11-21-19(24-17)22-12-13-2-6-15(20)7-3-13/h2-11H,12H2,1H3,(H2,21,22,23,24). The van der Waals surface area contributed by atoms with Gasteiger partial charge in [-0.15, -0.1) is 0 Å². The molecule has 132 valence electrons. The number of benzene rings is 2. The number of ether oxygens (including phenoxy) is 1. The van der Waals surface area contributed by atoms with E-state index in [4.69, 9.17) is 0 Å². The summed E-state index contributed by atoms with van der Waals surface area (Å²) in [6.45, 7) is 0.484. The molecule has 0 amide bonds. The third-order valence-electron chi connectivity index (χ3n) is 3.60. The zero-order chi connectivity index (χ0) is 18.4. The van der Waals surface area contributed by atoms with Crippen molar-refractivity contribution in [3.8, 4) is 0 Å². The molecule has 0 saturated carbocycles.